The summed E-state index contributed by atoms with van der Waals surface area (Å²) >= 11 is 1.65. The first-order valence-corrected chi connectivity index (χ1v) is 6.31. The summed E-state index contributed by atoms with van der Waals surface area (Å²) in [6, 6.07) is -0.0768. The van der Waals surface area contributed by atoms with Crippen molar-refractivity contribution in [2.24, 2.45) is 0 Å². The number of likely N-dealkylation sites (tertiary alicyclic amines) is 1. The molecule has 2 rings (SSSR count). The Morgan fingerprint density at radius 1 is 1.75 bits per heavy atom. The van der Waals surface area contributed by atoms with Crippen molar-refractivity contribution in [3.8, 4) is 0 Å². The van der Waals surface area contributed by atoms with E-state index >= 15 is 0 Å². The van der Waals surface area contributed by atoms with E-state index < -0.39 is 0 Å². The fourth-order valence-electron chi connectivity index (χ4n) is 2.11. The first kappa shape index (κ1) is 11.5. The molecule has 1 aliphatic heterocycles. The molecule has 5 heteroatoms. The minimum absolute atomic E-state index is 0.0768. The van der Waals surface area contributed by atoms with Gasteiger partial charge in [0.15, 0.2) is 0 Å². The van der Waals surface area contributed by atoms with Gasteiger partial charge in [-0.2, -0.15) is 0 Å². The molecule has 0 radical (unpaired) electrons. The molecule has 0 amide bonds. The fourth-order valence-corrected chi connectivity index (χ4v) is 2.71. The zero-order valence-corrected chi connectivity index (χ0v) is 10.4. The van der Waals surface area contributed by atoms with Gasteiger partial charge in [-0.25, -0.2) is 4.98 Å². The Morgan fingerprint density at radius 2 is 2.56 bits per heavy atom. The number of rotatable bonds is 3. The van der Waals surface area contributed by atoms with Crippen LogP contribution in [-0.4, -0.2) is 35.5 Å². The van der Waals surface area contributed by atoms with Crippen LogP contribution in [0, 0.1) is 6.92 Å². The van der Waals surface area contributed by atoms with E-state index in [-0.39, 0.29) is 12.0 Å². The number of aryl methyl sites for hydroxylation is 1. The first-order valence-electron chi connectivity index (χ1n) is 5.43. The van der Waals surface area contributed by atoms with E-state index in [2.05, 4.69) is 15.3 Å². The largest absolute Gasteiger partial charge is 0.468 e. The van der Waals surface area contributed by atoms with E-state index in [0.29, 0.717) is 0 Å². The number of aromatic nitrogens is 1. The third-order valence-electron chi connectivity index (χ3n) is 2.87. The molecule has 4 nitrogen and oxygen atoms in total. The summed E-state index contributed by atoms with van der Waals surface area (Å²) in [5, 5.41) is 3.13. The number of nitrogens with zero attached hydrogens (tertiary/aromatic N) is 2. The van der Waals surface area contributed by atoms with Crippen LogP contribution in [0.5, 0.6) is 0 Å². The number of methoxy groups -OCH3 is 1. The molecule has 16 heavy (non-hydrogen) atoms. The standard InChI is InChI=1S/C11H16N2O2S/c1-8-12-9(7-16-8)6-13-5-3-4-10(13)11(14)15-2/h7,10H,3-6H2,1-2H3. The number of esters is 1. The monoisotopic (exact) mass is 240 g/mol. The van der Waals surface area contributed by atoms with Crippen molar-refractivity contribution in [1.29, 1.82) is 0 Å². The zero-order chi connectivity index (χ0) is 11.5. The molecule has 1 unspecified atom stereocenters. The molecule has 1 fully saturated rings. The number of carbonyl (C=O) groups excluding carboxylic acids is 1. The third-order valence-corrected chi connectivity index (χ3v) is 3.69. The maximum Gasteiger partial charge on any atom is 0.323 e. The smallest absolute Gasteiger partial charge is 0.323 e. The van der Waals surface area contributed by atoms with Gasteiger partial charge in [-0.15, -0.1) is 11.3 Å². The number of hydrogen-bond acceptors (Lipinski definition) is 5. The van der Waals surface area contributed by atoms with Gasteiger partial charge in [-0.3, -0.25) is 9.69 Å². The van der Waals surface area contributed by atoms with Gasteiger partial charge in [0.05, 0.1) is 17.8 Å². The predicted molar refractivity (Wildman–Crippen MR) is 62.3 cm³/mol. The molecule has 0 aromatic carbocycles. The van der Waals surface area contributed by atoms with Gasteiger partial charge in [-0.05, 0) is 26.3 Å². The van der Waals surface area contributed by atoms with Gasteiger partial charge in [-0.1, -0.05) is 0 Å². The molecular weight excluding hydrogens is 224 g/mol. The lowest BCUT2D eigenvalue weighted by Crippen LogP contribution is -2.36. The Hall–Kier alpha value is -0.940. The summed E-state index contributed by atoms with van der Waals surface area (Å²) in [4.78, 5) is 18.1. The maximum absolute atomic E-state index is 11.5. The van der Waals surface area contributed by atoms with Gasteiger partial charge in [0.2, 0.25) is 0 Å². The quantitative estimate of drug-likeness (QED) is 0.752. The van der Waals surface area contributed by atoms with E-state index in [1.807, 2.05) is 6.92 Å². The average Bonchev–Trinajstić information content (AvgIpc) is 2.87. The second kappa shape index (κ2) is 4.93. The highest BCUT2D eigenvalue weighted by atomic mass is 32.1. The Balaban J connectivity index is 2.01. The average molecular weight is 240 g/mol. The molecule has 0 saturated carbocycles. The van der Waals surface area contributed by atoms with Gasteiger partial charge in [0.1, 0.15) is 6.04 Å². The van der Waals surface area contributed by atoms with Crippen molar-refractivity contribution in [3.05, 3.63) is 16.1 Å². The van der Waals surface area contributed by atoms with Crippen LogP contribution >= 0.6 is 11.3 Å². The molecule has 0 spiro atoms. The minimum Gasteiger partial charge on any atom is -0.468 e. The molecule has 1 atom stereocenters. The summed E-state index contributed by atoms with van der Waals surface area (Å²) < 4.78 is 4.81. The highest BCUT2D eigenvalue weighted by Crippen LogP contribution is 2.21. The van der Waals surface area contributed by atoms with E-state index in [9.17, 15) is 4.79 Å². The molecule has 88 valence electrons. The lowest BCUT2D eigenvalue weighted by molar-refractivity contribution is -0.146. The Bertz CT molecular complexity index is 378. The Morgan fingerprint density at radius 3 is 3.19 bits per heavy atom. The zero-order valence-electron chi connectivity index (χ0n) is 9.60. The van der Waals surface area contributed by atoms with Crippen molar-refractivity contribution < 1.29 is 9.53 Å². The van der Waals surface area contributed by atoms with Crippen LogP contribution in [0.4, 0.5) is 0 Å². The number of thiazole rings is 1. The SMILES string of the molecule is COC(=O)C1CCCN1Cc1csc(C)n1. The lowest BCUT2D eigenvalue weighted by atomic mass is 10.2. The van der Waals surface area contributed by atoms with Crippen molar-refractivity contribution >= 4 is 17.3 Å². The minimum atomic E-state index is -0.121. The van der Waals surface area contributed by atoms with Crippen LogP contribution in [-0.2, 0) is 16.1 Å². The summed E-state index contributed by atoms with van der Waals surface area (Å²) in [7, 11) is 1.45. The van der Waals surface area contributed by atoms with Crippen molar-refractivity contribution in [3.63, 3.8) is 0 Å². The van der Waals surface area contributed by atoms with Crippen molar-refractivity contribution in [2.75, 3.05) is 13.7 Å². The predicted octanol–water partition coefficient (Wildman–Crippen LogP) is 1.59. The molecule has 2 heterocycles. The molecule has 0 aliphatic carbocycles. The lowest BCUT2D eigenvalue weighted by Gasteiger charge is -2.20. The summed E-state index contributed by atoms with van der Waals surface area (Å²) in [6.07, 6.45) is 1.96. The van der Waals surface area contributed by atoms with E-state index in [1.165, 1.54) is 7.11 Å². The number of carbonyl (C=O) groups is 1. The summed E-state index contributed by atoms with van der Waals surface area (Å²) in [5.74, 6) is -0.121. The third kappa shape index (κ3) is 2.41. The van der Waals surface area contributed by atoms with Crippen LogP contribution in [0.25, 0.3) is 0 Å². The normalized spacial score (nSPS) is 21.2. The number of hydrogen-bond donors (Lipinski definition) is 0. The highest BCUT2D eigenvalue weighted by molar-refractivity contribution is 7.09. The molecule has 1 aromatic rings. The van der Waals surface area contributed by atoms with Crippen molar-refractivity contribution in [2.45, 2.75) is 32.4 Å². The highest BCUT2D eigenvalue weighted by Gasteiger charge is 2.31. The molecule has 1 aliphatic rings. The van der Waals surface area contributed by atoms with Gasteiger partial charge in [0, 0.05) is 11.9 Å². The molecule has 1 aromatic heterocycles. The van der Waals surface area contributed by atoms with E-state index in [0.717, 1.165) is 36.6 Å². The van der Waals surface area contributed by atoms with Crippen molar-refractivity contribution in [1.82, 2.24) is 9.88 Å². The second-order valence-corrected chi connectivity index (χ2v) is 5.07. The maximum atomic E-state index is 11.5. The van der Waals surface area contributed by atoms with Crippen LogP contribution in [0.2, 0.25) is 0 Å². The van der Waals surface area contributed by atoms with Crippen LogP contribution in [0.15, 0.2) is 5.38 Å². The first-order chi connectivity index (χ1) is 7.70. The van der Waals surface area contributed by atoms with Crippen LogP contribution < -0.4 is 0 Å². The fraction of sp³-hybridized carbons (Fsp3) is 0.636. The van der Waals surface area contributed by atoms with Gasteiger partial charge < -0.3 is 4.74 Å². The summed E-state index contributed by atoms with van der Waals surface area (Å²) in [5.41, 5.74) is 1.05. The van der Waals surface area contributed by atoms with Crippen LogP contribution in [0.3, 0.4) is 0 Å². The number of ether oxygens (including phenoxy) is 1. The van der Waals surface area contributed by atoms with Crippen LogP contribution in [0.1, 0.15) is 23.5 Å². The van der Waals surface area contributed by atoms with E-state index in [4.69, 9.17) is 4.74 Å². The molecule has 0 bridgehead atoms. The Labute approximate surface area is 99.2 Å². The molecule has 1 saturated heterocycles. The van der Waals surface area contributed by atoms with Gasteiger partial charge >= 0.3 is 5.97 Å². The Kier molecular flexibility index (Phi) is 3.56. The molecule has 0 N–H and O–H groups in total. The van der Waals surface area contributed by atoms with Gasteiger partial charge in [0.25, 0.3) is 0 Å². The van der Waals surface area contributed by atoms with E-state index in [1.54, 1.807) is 11.3 Å². The summed E-state index contributed by atoms with van der Waals surface area (Å²) in [6.45, 7) is 3.70. The second-order valence-electron chi connectivity index (χ2n) is 4.01. The molecular formula is C11H16N2O2S. The topological polar surface area (TPSA) is 42.4 Å².